The molecule has 2 N–H and O–H groups in total. The summed E-state index contributed by atoms with van der Waals surface area (Å²) in [6, 6.07) is 11.9. The fourth-order valence-corrected chi connectivity index (χ4v) is 4.06. The van der Waals surface area contributed by atoms with E-state index < -0.39 is 0 Å². The van der Waals surface area contributed by atoms with E-state index >= 15 is 0 Å². The van der Waals surface area contributed by atoms with E-state index in [2.05, 4.69) is 21.7 Å². The summed E-state index contributed by atoms with van der Waals surface area (Å²) in [5.74, 6) is 2.23. The number of carbonyl (C=O) groups is 1. The first-order valence-electron chi connectivity index (χ1n) is 8.70. The number of nitrogens with one attached hydrogen (secondary N) is 2. The normalized spacial score (nSPS) is 16.5. The monoisotopic (exact) mass is 391 g/mol. The molecule has 3 heterocycles. The highest BCUT2D eigenvalue weighted by Gasteiger charge is 2.16. The Labute approximate surface area is 162 Å². The molecule has 0 radical (unpaired) electrons. The zero-order valence-corrected chi connectivity index (χ0v) is 16.0. The fraction of sp³-hybridized carbons (Fsp3) is 0.368. The van der Waals surface area contributed by atoms with Crippen LogP contribution in [0.2, 0.25) is 0 Å². The molecule has 0 spiro atoms. The molecule has 1 amide bonds. The van der Waals surface area contributed by atoms with Gasteiger partial charge in [-0.15, -0.1) is 23.7 Å². The molecule has 26 heavy (non-hydrogen) atoms. The molecule has 0 bridgehead atoms. The van der Waals surface area contributed by atoms with Crippen molar-refractivity contribution in [1.29, 1.82) is 0 Å². The van der Waals surface area contributed by atoms with Crippen LogP contribution in [-0.4, -0.2) is 24.0 Å². The Hall–Kier alpha value is -1.89. The number of para-hydroxylation sites is 1. The molecular weight excluding hydrogens is 370 g/mol. The first-order valence-corrected chi connectivity index (χ1v) is 9.51. The number of aromatic nitrogens is 1. The van der Waals surface area contributed by atoms with Crippen molar-refractivity contribution >= 4 is 39.9 Å². The summed E-state index contributed by atoms with van der Waals surface area (Å²) in [7, 11) is 0. The van der Waals surface area contributed by atoms with E-state index in [1.54, 1.807) is 11.3 Å². The van der Waals surface area contributed by atoms with Gasteiger partial charge in [0.15, 0.2) is 10.8 Å². The van der Waals surface area contributed by atoms with Crippen LogP contribution in [0, 0.1) is 5.92 Å². The van der Waals surface area contributed by atoms with Crippen molar-refractivity contribution in [2.45, 2.75) is 25.8 Å². The highest BCUT2D eigenvalue weighted by molar-refractivity contribution is 7.21. The minimum Gasteiger partial charge on any atom is -0.457 e. The van der Waals surface area contributed by atoms with Gasteiger partial charge in [-0.1, -0.05) is 12.1 Å². The first-order chi connectivity index (χ1) is 12.3. The van der Waals surface area contributed by atoms with Gasteiger partial charge in [0.05, 0.1) is 16.8 Å². The number of hydrogen-bond donors (Lipinski definition) is 2. The lowest BCUT2D eigenvalue weighted by Crippen LogP contribution is -2.23. The van der Waals surface area contributed by atoms with Gasteiger partial charge in [0.25, 0.3) is 0 Å². The third-order valence-corrected chi connectivity index (χ3v) is 5.62. The maximum Gasteiger partial charge on any atom is 0.220 e. The number of furan rings is 1. The average Bonchev–Trinajstić information content (AvgIpc) is 3.38. The van der Waals surface area contributed by atoms with Gasteiger partial charge < -0.3 is 15.1 Å². The van der Waals surface area contributed by atoms with Crippen molar-refractivity contribution < 1.29 is 9.21 Å². The van der Waals surface area contributed by atoms with Crippen LogP contribution in [0.25, 0.3) is 21.0 Å². The number of amides is 1. The average molecular weight is 392 g/mol. The zero-order valence-electron chi connectivity index (χ0n) is 14.4. The zero-order chi connectivity index (χ0) is 17.1. The second-order valence-electron chi connectivity index (χ2n) is 6.43. The van der Waals surface area contributed by atoms with Gasteiger partial charge in [0.1, 0.15) is 5.76 Å². The Balaban J connectivity index is 0.00000196. The van der Waals surface area contributed by atoms with Crippen LogP contribution < -0.4 is 10.6 Å². The lowest BCUT2D eigenvalue weighted by molar-refractivity contribution is -0.121. The van der Waals surface area contributed by atoms with Crippen molar-refractivity contribution in [3.8, 4) is 10.8 Å². The Morgan fingerprint density at radius 3 is 3.00 bits per heavy atom. The molecule has 138 valence electrons. The van der Waals surface area contributed by atoms with Gasteiger partial charge in [0, 0.05) is 6.42 Å². The van der Waals surface area contributed by atoms with Gasteiger partial charge in [-0.2, -0.15) is 0 Å². The Bertz CT molecular complexity index is 837. The smallest absolute Gasteiger partial charge is 0.220 e. The molecule has 4 rings (SSSR count). The number of carbonyl (C=O) groups excluding carboxylic acids is 1. The predicted molar refractivity (Wildman–Crippen MR) is 107 cm³/mol. The predicted octanol–water partition coefficient (Wildman–Crippen LogP) is 3.98. The molecule has 1 unspecified atom stereocenters. The molecule has 1 aromatic carbocycles. The number of fused-ring (bicyclic) bond motifs is 1. The van der Waals surface area contributed by atoms with Crippen molar-refractivity contribution in [2.24, 2.45) is 5.92 Å². The van der Waals surface area contributed by atoms with Crippen LogP contribution in [0.1, 0.15) is 25.0 Å². The summed E-state index contributed by atoms with van der Waals surface area (Å²) in [5, 5.41) is 7.14. The summed E-state index contributed by atoms with van der Waals surface area (Å²) in [6.45, 7) is 2.54. The number of rotatable bonds is 6. The Morgan fingerprint density at radius 2 is 2.19 bits per heavy atom. The maximum atomic E-state index is 12.0. The summed E-state index contributed by atoms with van der Waals surface area (Å²) in [5.41, 5.74) is 0.982. The second-order valence-corrected chi connectivity index (χ2v) is 7.46. The lowest BCUT2D eigenvalue weighted by Gasteiger charge is -2.07. The van der Waals surface area contributed by atoms with Crippen LogP contribution in [0.5, 0.6) is 0 Å². The molecule has 1 saturated heterocycles. The molecular formula is C19H22ClN3O2S. The first kappa shape index (κ1) is 18.9. The van der Waals surface area contributed by atoms with E-state index in [1.807, 2.05) is 30.3 Å². The van der Waals surface area contributed by atoms with Crippen LogP contribution in [0.15, 0.2) is 40.8 Å². The molecule has 0 aliphatic carbocycles. The van der Waals surface area contributed by atoms with Crippen LogP contribution >= 0.6 is 23.7 Å². The lowest BCUT2D eigenvalue weighted by atomic mass is 10.0. The van der Waals surface area contributed by atoms with Crippen molar-refractivity contribution in [2.75, 3.05) is 13.1 Å². The summed E-state index contributed by atoms with van der Waals surface area (Å²) >= 11 is 1.61. The SMILES string of the molecule is Cl.O=C(CCC1CCNC1)NCc1ccc(-c2nc3ccccc3s2)o1. The molecule has 0 saturated carbocycles. The Morgan fingerprint density at radius 1 is 1.31 bits per heavy atom. The quantitative estimate of drug-likeness (QED) is 0.666. The minimum absolute atomic E-state index is 0. The second kappa shape index (κ2) is 8.66. The van der Waals surface area contributed by atoms with E-state index in [-0.39, 0.29) is 18.3 Å². The fourth-order valence-electron chi connectivity index (χ4n) is 3.14. The van der Waals surface area contributed by atoms with Crippen LogP contribution in [0.3, 0.4) is 0 Å². The van der Waals surface area contributed by atoms with Crippen LogP contribution in [-0.2, 0) is 11.3 Å². The van der Waals surface area contributed by atoms with Crippen LogP contribution in [0.4, 0.5) is 0 Å². The molecule has 7 heteroatoms. The number of halogens is 1. The van der Waals surface area contributed by atoms with Crippen molar-refractivity contribution in [1.82, 2.24) is 15.6 Å². The molecule has 1 aliphatic rings. The summed E-state index contributed by atoms with van der Waals surface area (Å²) < 4.78 is 6.99. The third-order valence-electron chi connectivity index (χ3n) is 4.57. The number of hydrogen-bond acceptors (Lipinski definition) is 5. The van der Waals surface area contributed by atoms with Crippen molar-refractivity contribution in [3.05, 3.63) is 42.2 Å². The number of nitrogens with zero attached hydrogens (tertiary/aromatic N) is 1. The largest absolute Gasteiger partial charge is 0.457 e. The minimum atomic E-state index is 0. The summed E-state index contributed by atoms with van der Waals surface area (Å²) in [6.07, 6.45) is 2.71. The highest BCUT2D eigenvalue weighted by Crippen LogP contribution is 2.31. The van der Waals surface area contributed by atoms with Gasteiger partial charge in [-0.25, -0.2) is 4.98 Å². The standard InChI is InChI=1S/C19H21N3O2S.ClH/c23-18(8-5-13-9-10-20-11-13)21-12-14-6-7-16(24-14)19-22-15-3-1-2-4-17(15)25-19;/h1-4,6-7,13,20H,5,8-12H2,(H,21,23);1H. The van der Waals surface area contributed by atoms with Gasteiger partial charge in [-0.05, 0) is 56.1 Å². The Kier molecular flexibility index (Phi) is 6.29. The summed E-state index contributed by atoms with van der Waals surface area (Å²) in [4.78, 5) is 16.6. The van der Waals surface area contributed by atoms with E-state index in [9.17, 15) is 4.79 Å². The van der Waals surface area contributed by atoms with E-state index in [0.717, 1.165) is 46.3 Å². The van der Waals surface area contributed by atoms with Crippen molar-refractivity contribution in [3.63, 3.8) is 0 Å². The number of benzene rings is 1. The molecule has 3 aromatic rings. The van der Waals surface area contributed by atoms with Gasteiger partial charge in [0.2, 0.25) is 5.91 Å². The van der Waals surface area contributed by atoms with Gasteiger partial charge in [-0.3, -0.25) is 4.79 Å². The molecule has 5 nitrogen and oxygen atoms in total. The molecule has 1 fully saturated rings. The third kappa shape index (κ3) is 4.44. The topological polar surface area (TPSA) is 67.2 Å². The highest BCUT2D eigenvalue weighted by atomic mass is 35.5. The number of thiazole rings is 1. The molecule has 2 aromatic heterocycles. The van der Waals surface area contributed by atoms with E-state index in [1.165, 1.54) is 6.42 Å². The molecule has 1 aliphatic heterocycles. The van der Waals surface area contributed by atoms with E-state index in [0.29, 0.717) is 18.9 Å². The maximum absolute atomic E-state index is 12.0. The molecule has 1 atom stereocenters. The van der Waals surface area contributed by atoms with Gasteiger partial charge >= 0.3 is 0 Å². The van der Waals surface area contributed by atoms with E-state index in [4.69, 9.17) is 4.42 Å².